The molecule has 4 nitrogen and oxygen atoms in total. The minimum absolute atomic E-state index is 0.159. The minimum atomic E-state index is -0.567. The first-order chi connectivity index (χ1) is 12.1. The van der Waals surface area contributed by atoms with E-state index in [9.17, 15) is 4.79 Å². The maximum absolute atomic E-state index is 12.3. The van der Waals surface area contributed by atoms with Crippen molar-refractivity contribution in [1.82, 2.24) is 0 Å². The highest BCUT2D eigenvalue weighted by Crippen LogP contribution is 2.22. The second-order valence-corrected chi connectivity index (χ2v) is 7.21. The normalized spacial score (nSPS) is 15.5. The number of amides is 1. The molecular formula is C20H23BrN2O2. The quantitative estimate of drug-likeness (QED) is 0.777. The summed E-state index contributed by atoms with van der Waals surface area (Å²) in [6, 6.07) is 15.5. The van der Waals surface area contributed by atoms with Gasteiger partial charge in [0.05, 0.1) is 0 Å². The standard InChI is InChI=1S/C20H23BrN2O2/c1-15(25-19-11-5-16(21)6-12-19)20(24)22-17-7-9-18(10-8-17)23-13-3-2-4-14-23/h5-12,15H,2-4,13-14H2,1H3,(H,22,24)/t15-/m1/s1. The molecule has 0 spiro atoms. The lowest BCUT2D eigenvalue weighted by Crippen LogP contribution is -2.30. The molecule has 1 fully saturated rings. The molecule has 2 aromatic carbocycles. The summed E-state index contributed by atoms with van der Waals surface area (Å²) in [5.74, 6) is 0.514. The Hall–Kier alpha value is -2.01. The zero-order chi connectivity index (χ0) is 17.6. The summed E-state index contributed by atoms with van der Waals surface area (Å²) in [4.78, 5) is 14.7. The van der Waals surface area contributed by atoms with E-state index in [4.69, 9.17) is 4.74 Å². The molecule has 1 aliphatic rings. The third-order valence-electron chi connectivity index (χ3n) is 4.35. The first kappa shape index (κ1) is 17.8. The summed E-state index contributed by atoms with van der Waals surface area (Å²) < 4.78 is 6.66. The van der Waals surface area contributed by atoms with Gasteiger partial charge in [-0.05, 0) is 74.7 Å². The van der Waals surface area contributed by atoms with Crippen LogP contribution in [0.25, 0.3) is 0 Å². The number of nitrogens with one attached hydrogen (secondary N) is 1. The third-order valence-corrected chi connectivity index (χ3v) is 4.88. The number of piperidine rings is 1. The summed E-state index contributed by atoms with van der Waals surface area (Å²) in [5, 5.41) is 2.91. The Morgan fingerprint density at radius 2 is 1.68 bits per heavy atom. The number of hydrogen-bond donors (Lipinski definition) is 1. The van der Waals surface area contributed by atoms with Gasteiger partial charge in [0.15, 0.2) is 6.10 Å². The van der Waals surface area contributed by atoms with Gasteiger partial charge in [0.1, 0.15) is 5.75 Å². The molecular weight excluding hydrogens is 380 g/mol. The molecule has 25 heavy (non-hydrogen) atoms. The number of nitrogens with zero attached hydrogens (tertiary/aromatic N) is 1. The second kappa shape index (κ2) is 8.39. The first-order valence-corrected chi connectivity index (χ1v) is 9.49. The Bertz CT molecular complexity index is 695. The van der Waals surface area contributed by atoms with Crippen LogP contribution in [-0.2, 0) is 4.79 Å². The molecule has 0 aromatic heterocycles. The fourth-order valence-corrected chi connectivity index (χ4v) is 3.19. The van der Waals surface area contributed by atoms with Crippen LogP contribution in [0.4, 0.5) is 11.4 Å². The predicted molar refractivity (Wildman–Crippen MR) is 105 cm³/mol. The van der Waals surface area contributed by atoms with Crippen molar-refractivity contribution in [2.75, 3.05) is 23.3 Å². The monoisotopic (exact) mass is 402 g/mol. The van der Waals surface area contributed by atoms with Crippen molar-refractivity contribution in [3.63, 3.8) is 0 Å². The topological polar surface area (TPSA) is 41.6 Å². The molecule has 1 aliphatic heterocycles. The minimum Gasteiger partial charge on any atom is -0.481 e. The van der Waals surface area contributed by atoms with Crippen molar-refractivity contribution in [2.45, 2.75) is 32.3 Å². The van der Waals surface area contributed by atoms with Crippen molar-refractivity contribution in [3.8, 4) is 5.75 Å². The molecule has 132 valence electrons. The summed E-state index contributed by atoms with van der Waals surface area (Å²) in [6.07, 6.45) is 3.26. The molecule has 0 saturated carbocycles. The number of anilines is 2. The van der Waals surface area contributed by atoms with E-state index in [-0.39, 0.29) is 5.91 Å². The fourth-order valence-electron chi connectivity index (χ4n) is 2.92. The predicted octanol–water partition coefficient (Wildman–Crippen LogP) is 4.85. The Labute approximate surface area is 157 Å². The molecule has 5 heteroatoms. The molecule has 0 radical (unpaired) electrons. The van der Waals surface area contributed by atoms with Crippen molar-refractivity contribution in [1.29, 1.82) is 0 Å². The molecule has 0 aliphatic carbocycles. The van der Waals surface area contributed by atoms with Crippen LogP contribution in [0.2, 0.25) is 0 Å². The lowest BCUT2D eigenvalue weighted by molar-refractivity contribution is -0.122. The highest BCUT2D eigenvalue weighted by atomic mass is 79.9. The Morgan fingerprint density at radius 3 is 2.32 bits per heavy atom. The van der Waals surface area contributed by atoms with E-state index in [1.54, 1.807) is 6.92 Å². The summed E-state index contributed by atoms with van der Waals surface area (Å²) >= 11 is 3.38. The number of rotatable bonds is 5. The number of ether oxygens (including phenoxy) is 1. The van der Waals surface area contributed by atoms with Gasteiger partial charge < -0.3 is 15.0 Å². The van der Waals surface area contributed by atoms with Crippen LogP contribution >= 0.6 is 15.9 Å². The Morgan fingerprint density at radius 1 is 1.04 bits per heavy atom. The fraction of sp³-hybridized carbons (Fsp3) is 0.350. The average Bonchev–Trinajstić information content (AvgIpc) is 2.65. The van der Waals surface area contributed by atoms with E-state index in [2.05, 4.69) is 38.3 Å². The van der Waals surface area contributed by atoms with Gasteiger partial charge in [-0.2, -0.15) is 0 Å². The molecule has 1 saturated heterocycles. The van der Waals surface area contributed by atoms with Crippen LogP contribution in [0, 0.1) is 0 Å². The van der Waals surface area contributed by atoms with Gasteiger partial charge >= 0.3 is 0 Å². The van der Waals surface area contributed by atoms with Crippen LogP contribution in [0.5, 0.6) is 5.75 Å². The Balaban J connectivity index is 1.55. The van der Waals surface area contributed by atoms with Gasteiger partial charge in [-0.15, -0.1) is 0 Å². The highest BCUT2D eigenvalue weighted by Gasteiger charge is 2.15. The lowest BCUT2D eigenvalue weighted by Gasteiger charge is -2.28. The van der Waals surface area contributed by atoms with E-state index < -0.39 is 6.10 Å². The Kier molecular flexibility index (Phi) is 5.97. The zero-order valence-corrected chi connectivity index (χ0v) is 16.0. The molecule has 0 bridgehead atoms. The van der Waals surface area contributed by atoms with Crippen LogP contribution in [0.3, 0.4) is 0 Å². The van der Waals surface area contributed by atoms with Gasteiger partial charge in [-0.3, -0.25) is 4.79 Å². The number of carbonyl (C=O) groups excluding carboxylic acids is 1. The molecule has 0 unspecified atom stereocenters. The maximum atomic E-state index is 12.3. The van der Waals surface area contributed by atoms with E-state index in [0.717, 1.165) is 23.2 Å². The van der Waals surface area contributed by atoms with Crippen molar-refractivity contribution in [2.24, 2.45) is 0 Å². The molecule has 3 rings (SSSR count). The lowest BCUT2D eigenvalue weighted by atomic mass is 10.1. The number of hydrogen-bond acceptors (Lipinski definition) is 3. The largest absolute Gasteiger partial charge is 0.481 e. The molecule has 1 N–H and O–H groups in total. The van der Waals surface area contributed by atoms with Crippen LogP contribution in [0.1, 0.15) is 26.2 Å². The number of carbonyl (C=O) groups is 1. The van der Waals surface area contributed by atoms with E-state index >= 15 is 0 Å². The smallest absolute Gasteiger partial charge is 0.265 e. The van der Waals surface area contributed by atoms with Gasteiger partial charge in [-0.1, -0.05) is 15.9 Å². The second-order valence-electron chi connectivity index (χ2n) is 6.30. The summed E-state index contributed by atoms with van der Waals surface area (Å²) in [7, 11) is 0. The van der Waals surface area contributed by atoms with Crippen molar-refractivity contribution < 1.29 is 9.53 Å². The molecule has 1 atom stereocenters. The van der Waals surface area contributed by atoms with Gasteiger partial charge in [0.25, 0.3) is 5.91 Å². The van der Waals surface area contributed by atoms with Crippen molar-refractivity contribution in [3.05, 3.63) is 53.0 Å². The maximum Gasteiger partial charge on any atom is 0.265 e. The van der Waals surface area contributed by atoms with Crippen LogP contribution in [0.15, 0.2) is 53.0 Å². The van der Waals surface area contributed by atoms with E-state index in [0.29, 0.717) is 5.75 Å². The molecule has 2 aromatic rings. The summed E-state index contributed by atoms with van der Waals surface area (Å²) in [5.41, 5.74) is 2.01. The average molecular weight is 403 g/mol. The van der Waals surface area contributed by atoms with Gasteiger partial charge in [-0.25, -0.2) is 0 Å². The highest BCUT2D eigenvalue weighted by molar-refractivity contribution is 9.10. The van der Waals surface area contributed by atoms with Gasteiger partial charge in [0, 0.05) is 28.9 Å². The van der Waals surface area contributed by atoms with Gasteiger partial charge in [0.2, 0.25) is 0 Å². The van der Waals surface area contributed by atoms with Crippen LogP contribution in [-0.4, -0.2) is 25.1 Å². The number of benzene rings is 2. The van der Waals surface area contributed by atoms with Crippen molar-refractivity contribution >= 4 is 33.2 Å². The summed E-state index contributed by atoms with van der Waals surface area (Å²) in [6.45, 7) is 3.98. The molecule has 1 heterocycles. The SMILES string of the molecule is C[C@@H](Oc1ccc(Br)cc1)C(=O)Nc1ccc(N2CCCCC2)cc1. The van der Waals surface area contributed by atoms with Crippen LogP contribution < -0.4 is 15.0 Å². The molecule has 1 amide bonds. The first-order valence-electron chi connectivity index (χ1n) is 8.70. The third kappa shape index (κ3) is 4.98. The van der Waals surface area contributed by atoms with E-state index in [1.807, 2.05) is 36.4 Å². The number of halogens is 1. The van der Waals surface area contributed by atoms with E-state index in [1.165, 1.54) is 24.9 Å². The zero-order valence-electron chi connectivity index (χ0n) is 14.4.